The first-order valence-corrected chi connectivity index (χ1v) is 10.9. The van der Waals surface area contributed by atoms with Crippen molar-refractivity contribution in [2.75, 3.05) is 20.6 Å². The molecule has 0 radical (unpaired) electrons. The number of nitrogens with one attached hydrogen (secondary N) is 2. The molecule has 2 amide bonds. The summed E-state index contributed by atoms with van der Waals surface area (Å²) in [5.74, 6) is 0.327. The molecule has 0 bridgehead atoms. The summed E-state index contributed by atoms with van der Waals surface area (Å²) in [7, 11) is 4.18. The molecule has 3 N–H and O–H groups in total. The Morgan fingerprint density at radius 1 is 1.25 bits per heavy atom. The van der Waals surface area contributed by atoms with Crippen molar-refractivity contribution in [3.8, 4) is 5.75 Å². The molecule has 2 aromatic rings. The van der Waals surface area contributed by atoms with Gasteiger partial charge in [0.2, 0.25) is 0 Å². The molecular weight excluding hydrogens is 370 g/mol. The number of fused-ring (bicyclic) bond motifs is 1. The normalized spacial score (nSPS) is 20.3. The fourth-order valence-electron chi connectivity index (χ4n) is 4.06. The smallest absolute Gasteiger partial charge is 0.315 e. The molecule has 1 aliphatic rings. The van der Waals surface area contributed by atoms with Crippen molar-refractivity contribution in [1.82, 2.24) is 15.5 Å². The van der Waals surface area contributed by atoms with Crippen LogP contribution in [0.5, 0.6) is 5.75 Å². The molecule has 3 rings (SSSR count). The van der Waals surface area contributed by atoms with Crippen molar-refractivity contribution in [3.63, 3.8) is 0 Å². The lowest BCUT2D eigenvalue weighted by Gasteiger charge is -2.39. The van der Waals surface area contributed by atoms with Crippen LogP contribution in [0.15, 0.2) is 35.0 Å². The number of aryl methyl sites for hydroxylation is 2. The Kier molecular flexibility index (Phi) is 6.62. The monoisotopic (exact) mass is 401 g/mol. The number of nitrogens with zero attached hydrogens (tertiary/aromatic N) is 1. The second kappa shape index (κ2) is 8.97. The van der Waals surface area contributed by atoms with Crippen molar-refractivity contribution in [2.24, 2.45) is 0 Å². The van der Waals surface area contributed by atoms with Crippen LogP contribution < -0.4 is 10.6 Å². The van der Waals surface area contributed by atoms with E-state index in [1.807, 2.05) is 19.1 Å². The van der Waals surface area contributed by atoms with Crippen LogP contribution in [0, 0.1) is 0 Å². The number of carbonyl (C=O) groups excluding carboxylic acids is 1. The molecule has 1 aromatic carbocycles. The van der Waals surface area contributed by atoms with Gasteiger partial charge in [-0.25, -0.2) is 4.79 Å². The lowest BCUT2D eigenvalue weighted by molar-refractivity contribution is 0.129. The SMILES string of the molecule is C[C@@H](Cc1ccsc1)NC(=O)NCC1(N(C)C)CCc2ccc(O)cc2CC1. The van der Waals surface area contributed by atoms with Crippen molar-refractivity contribution in [3.05, 3.63) is 51.7 Å². The molecule has 152 valence electrons. The number of phenolic OH excluding ortho intramolecular Hbond substituents is 1. The lowest BCUT2D eigenvalue weighted by atomic mass is 9.88. The Labute approximate surface area is 171 Å². The van der Waals surface area contributed by atoms with Gasteiger partial charge < -0.3 is 20.6 Å². The topological polar surface area (TPSA) is 64.6 Å². The van der Waals surface area contributed by atoms with Gasteiger partial charge in [0.25, 0.3) is 0 Å². The average molecular weight is 402 g/mol. The Hall–Kier alpha value is -2.05. The summed E-state index contributed by atoms with van der Waals surface area (Å²) < 4.78 is 0. The zero-order chi connectivity index (χ0) is 20.1. The third kappa shape index (κ3) is 5.06. The average Bonchev–Trinajstić information content (AvgIpc) is 3.07. The van der Waals surface area contributed by atoms with Crippen LogP contribution in [0.3, 0.4) is 0 Å². The number of thiophene rings is 1. The van der Waals surface area contributed by atoms with Gasteiger partial charge in [0.05, 0.1) is 0 Å². The molecule has 1 aliphatic carbocycles. The van der Waals surface area contributed by atoms with Gasteiger partial charge in [-0.1, -0.05) is 6.07 Å². The third-order valence-electron chi connectivity index (χ3n) is 5.94. The Bertz CT molecular complexity index is 791. The molecular formula is C22H31N3O2S. The summed E-state index contributed by atoms with van der Waals surface area (Å²) >= 11 is 1.68. The van der Waals surface area contributed by atoms with Crippen LogP contribution in [-0.4, -0.2) is 48.3 Å². The number of carbonyl (C=O) groups is 1. The molecule has 0 saturated heterocycles. The van der Waals surface area contributed by atoms with Crippen LogP contribution in [0.25, 0.3) is 0 Å². The van der Waals surface area contributed by atoms with Crippen molar-refractivity contribution in [1.29, 1.82) is 0 Å². The van der Waals surface area contributed by atoms with Crippen LogP contribution in [0.2, 0.25) is 0 Å². The number of hydrogen-bond acceptors (Lipinski definition) is 4. The molecule has 28 heavy (non-hydrogen) atoms. The Morgan fingerprint density at radius 2 is 2.00 bits per heavy atom. The largest absolute Gasteiger partial charge is 0.508 e. The maximum atomic E-state index is 12.5. The quantitative estimate of drug-likeness (QED) is 0.649. The highest BCUT2D eigenvalue weighted by molar-refractivity contribution is 7.07. The Morgan fingerprint density at radius 3 is 2.68 bits per heavy atom. The van der Waals surface area contributed by atoms with E-state index in [0.717, 1.165) is 32.1 Å². The van der Waals surface area contributed by atoms with E-state index in [-0.39, 0.29) is 17.6 Å². The summed E-state index contributed by atoms with van der Waals surface area (Å²) in [6.45, 7) is 2.64. The van der Waals surface area contributed by atoms with E-state index in [4.69, 9.17) is 0 Å². The molecule has 2 atom stereocenters. The third-order valence-corrected chi connectivity index (χ3v) is 6.67. The predicted octanol–water partition coefficient (Wildman–Crippen LogP) is 3.56. The van der Waals surface area contributed by atoms with E-state index >= 15 is 0 Å². The molecule has 0 aliphatic heterocycles. The highest BCUT2D eigenvalue weighted by Gasteiger charge is 2.35. The number of amides is 2. The van der Waals surface area contributed by atoms with E-state index < -0.39 is 0 Å². The number of hydrogen-bond donors (Lipinski definition) is 3. The summed E-state index contributed by atoms with van der Waals surface area (Å²) in [4.78, 5) is 14.7. The Balaban J connectivity index is 1.58. The van der Waals surface area contributed by atoms with Gasteiger partial charge in [-0.3, -0.25) is 0 Å². The molecule has 1 heterocycles. The van der Waals surface area contributed by atoms with Gasteiger partial charge in [0, 0.05) is 18.1 Å². The van der Waals surface area contributed by atoms with Crippen molar-refractivity contribution < 1.29 is 9.90 Å². The first kappa shape index (κ1) is 20.7. The predicted molar refractivity (Wildman–Crippen MR) is 115 cm³/mol. The minimum absolute atomic E-state index is 0.0891. The standard InChI is InChI=1S/C22H31N3O2S/c1-16(12-17-8-11-28-14-17)24-21(27)23-15-22(25(2)3)9-6-18-4-5-20(26)13-19(18)7-10-22/h4-5,8,11,13-14,16,26H,6-7,9-10,12,15H2,1-3H3,(H2,23,24,27)/t16-,22?/m0/s1. The van der Waals surface area contributed by atoms with E-state index in [1.54, 1.807) is 17.4 Å². The van der Waals surface area contributed by atoms with E-state index in [2.05, 4.69) is 46.5 Å². The summed E-state index contributed by atoms with van der Waals surface area (Å²) in [6, 6.07) is 7.76. The summed E-state index contributed by atoms with van der Waals surface area (Å²) in [6.07, 6.45) is 4.61. The zero-order valence-electron chi connectivity index (χ0n) is 17.0. The van der Waals surface area contributed by atoms with Crippen molar-refractivity contribution >= 4 is 17.4 Å². The second-order valence-electron chi connectivity index (χ2n) is 8.14. The molecule has 5 nitrogen and oxygen atoms in total. The van der Waals surface area contributed by atoms with Gasteiger partial charge >= 0.3 is 6.03 Å². The fourth-order valence-corrected chi connectivity index (χ4v) is 4.75. The maximum absolute atomic E-state index is 12.5. The first-order chi connectivity index (χ1) is 13.4. The number of benzene rings is 1. The van der Waals surface area contributed by atoms with Gasteiger partial charge in [-0.15, -0.1) is 0 Å². The fraction of sp³-hybridized carbons (Fsp3) is 0.500. The number of likely N-dealkylation sites (N-methyl/N-ethyl adjacent to an activating group) is 1. The van der Waals surface area contributed by atoms with Crippen molar-refractivity contribution in [2.45, 2.75) is 50.6 Å². The molecule has 0 fully saturated rings. The zero-order valence-corrected chi connectivity index (χ0v) is 17.8. The summed E-state index contributed by atoms with van der Waals surface area (Å²) in [5.41, 5.74) is 3.68. The molecule has 0 saturated carbocycles. The molecule has 6 heteroatoms. The van der Waals surface area contributed by atoms with Crippen LogP contribution in [0.4, 0.5) is 4.79 Å². The lowest BCUT2D eigenvalue weighted by Crippen LogP contribution is -2.55. The number of rotatable bonds is 6. The van der Waals surface area contributed by atoms with E-state index in [0.29, 0.717) is 12.3 Å². The molecule has 0 spiro atoms. The van der Waals surface area contributed by atoms with Gasteiger partial charge in [0.15, 0.2) is 0 Å². The maximum Gasteiger partial charge on any atom is 0.315 e. The van der Waals surface area contributed by atoms with E-state index in [9.17, 15) is 9.90 Å². The van der Waals surface area contributed by atoms with E-state index in [1.165, 1.54) is 16.7 Å². The van der Waals surface area contributed by atoms with Gasteiger partial charge in [-0.2, -0.15) is 11.3 Å². The van der Waals surface area contributed by atoms with Crippen LogP contribution in [-0.2, 0) is 19.3 Å². The molecule has 1 unspecified atom stereocenters. The molecule has 1 aromatic heterocycles. The highest BCUT2D eigenvalue weighted by Crippen LogP contribution is 2.32. The van der Waals surface area contributed by atoms with Crippen LogP contribution in [0.1, 0.15) is 36.5 Å². The minimum atomic E-state index is -0.108. The highest BCUT2D eigenvalue weighted by atomic mass is 32.1. The number of aromatic hydroxyl groups is 1. The summed E-state index contributed by atoms with van der Waals surface area (Å²) in [5, 5.41) is 20.2. The minimum Gasteiger partial charge on any atom is -0.508 e. The second-order valence-corrected chi connectivity index (χ2v) is 8.92. The number of phenols is 1. The van der Waals surface area contributed by atoms with Gasteiger partial charge in [0.1, 0.15) is 5.75 Å². The number of urea groups is 1. The van der Waals surface area contributed by atoms with Crippen LogP contribution >= 0.6 is 11.3 Å². The first-order valence-electron chi connectivity index (χ1n) is 9.92. The van der Waals surface area contributed by atoms with Gasteiger partial charge in [-0.05, 0) is 98.8 Å².